The average Bonchev–Trinajstić information content (AvgIpc) is 2.77. The van der Waals surface area contributed by atoms with Crippen molar-refractivity contribution >= 4 is 11.5 Å². The van der Waals surface area contributed by atoms with Crippen molar-refractivity contribution in [3.05, 3.63) is 46.7 Å². The van der Waals surface area contributed by atoms with Crippen LogP contribution in [0.3, 0.4) is 0 Å². The molecule has 0 amide bonds. The number of ketones is 1. The van der Waals surface area contributed by atoms with Crippen molar-refractivity contribution in [3.63, 3.8) is 0 Å². The third kappa shape index (κ3) is 2.21. The summed E-state index contributed by atoms with van der Waals surface area (Å²) < 4.78 is 0. The zero-order valence-corrected chi connectivity index (χ0v) is 9.90. The summed E-state index contributed by atoms with van der Waals surface area (Å²) in [5, 5.41) is 11.1. The van der Waals surface area contributed by atoms with Crippen LogP contribution in [0.5, 0.6) is 0 Å². The van der Waals surface area contributed by atoms with E-state index in [2.05, 4.69) is 20.2 Å². The Bertz CT molecular complexity index is 636. The molecule has 0 fully saturated rings. The Kier molecular flexibility index (Phi) is 3.07. The second-order valence-corrected chi connectivity index (χ2v) is 3.75. The molecule has 0 aliphatic carbocycles. The molecule has 90 valence electrons. The number of aryl methyl sites for hydroxylation is 2. The van der Waals surface area contributed by atoms with E-state index in [1.54, 1.807) is 31.3 Å². The third-order valence-corrected chi connectivity index (χ3v) is 2.35. The van der Waals surface area contributed by atoms with E-state index in [0.717, 1.165) is 5.56 Å². The van der Waals surface area contributed by atoms with Gasteiger partial charge in [-0.3, -0.25) is 4.79 Å². The SMILES string of the molecule is Cc1ccc(C(=O)C(=[N+]=[N-])c2nnn(C)n2)cc1. The minimum Gasteiger partial charge on any atom is -0.360 e. The molecule has 7 heteroatoms. The van der Waals surface area contributed by atoms with E-state index < -0.39 is 5.78 Å². The lowest BCUT2D eigenvalue weighted by Crippen LogP contribution is -2.19. The molecule has 0 saturated heterocycles. The van der Waals surface area contributed by atoms with Gasteiger partial charge in [0.1, 0.15) is 0 Å². The number of nitrogens with zero attached hydrogens (tertiary/aromatic N) is 6. The van der Waals surface area contributed by atoms with E-state index in [0.29, 0.717) is 5.56 Å². The first-order valence-electron chi connectivity index (χ1n) is 5.19. The Morgan fingerprint density at radius 3 is 2.50 bits per heavy atom. The first-order chi connectivity index (χ1) is 8.61. The largest absolute Gasteiger partial charge is 0.410 e. The number of rotatable bonds is 3. The van der Waals surface area contributed by atoms with Gasteiger partial charge in [-0.25, -0.2) is 0 Å². The molecular formula is C11H10N6O. The number of hydrogen-bond acceptors (Lipinski definition) is 4. The van der Waals surface area contributed by atoms with Crippen LogP contribution in [0.4, 0.5) is 0 Å². The highest BCUT2D eigenvalue weighted by Crippen LogP contribution is 2.06. The van der Waals surface area contributed by atoms with Crippen LogP contribution in [-0.4, -0.2) is 36.5 Å². The van der Waals surface area contributed by atoms with Crippen molar-refractivity contribution < 1.29 is 9.58 Å². The molecule has 1 heterocycles. The smallest absolute Gasteiger partial charge is 0.360 e. The first kappa shape index (κ1) is 11.8. The van der Waals surface area contributed by atoms with Crippen LogP contribution in [-0.2, 0) is 7.05 Å². The summed E-state index contributed by atoms with van der Waals surface area (Å²) in [4.78, 5) is 16.2. The maximum Gasteiger partial charge on any atom is 0.410 e. The Morgan fingerprint density at radius 2 is 2.00 bits per heavy atom. The number of carbonyl (C=O) groups excluding carboxylic acids is 1. The van der Waals surface area contributed by atoms with Crippen LogP contribution in [0.2, 0.25) is 0 Å². The van der Waals surface area contributed by atoms with Gasteiger partial charge in [-0.15, -0.1) is 5.10 Å². The van der Waals surface area contributed by atoms with Crippen LogP contribution in [0.25, 0.3) is 5.53 Å². The summed E-state index contributed by atoms with van der Waals surface area (Å²) in [5.74, 6) is -0.462. The number of carbonyl (C=O) groups is 1. The summed E-state index contributed by atoms with van der Waals surface area (Å²) in [6, 6.07) is 6.90. The van der Waals surface area contributed by atoms with Gasteiger partial charge in [-0.1, -0.05) is 34.9 Å². The van der Waals surface area contributed by atoms with Crippen LogP contribution in [0, 0.1) is 6.92 Å². The van der Waals surface area contributed by atoms with E-state index in [4.69, 9.17) is 5.53 Å². The second kappa shape index (κ2) is 4.68. The fourth-order valence-corrected chi connectivity index (χ4v) is 1.41. The predicted molar refractivity (Wildman–Crippen MR) is 62.0 cm³/mol. The molecule has 2 rings (SSSR count). The van der Waals surface area contributed by atoms with Crippen molar-refractivity contribution in [1.29, 1.82) is 0 Å². The van der Waals surface area contributed by atoms with Gasteiger partial charge < -0.3 is 5.53 Å². The van der Waals surface area contributed by atoms with E-state index in [1.807, 2.05) is 6.92 Å². The Hall–Kier alpha value is -2.66. The zero-order valence-electron chi connectivity index (χ0n) is 9.90. The molecule has 0 atom stereocenters. The molecule has 2 aromatic rings. The average molecular weight is 242 g/mol. The highest BCUT2D eigenvalue weighted by molar-refractivity contribution is 6.48. The minimum atomic E-state index is -0.453. The number of tetrazole rings is 1. The zero-order chi connectivity index (χ0) is 13.1. The van der Waals surface area contributed by atoms with Gasteiger partial charge >= 0.3 is 5.71 Å². The van der Waals surface area contributed by atoms with Gasteiger partial charge in [0.05, 0.1) is 7.05 Å². The van der Waals surface area contributed by atoms with Crippen molar-refractivity contribution in [3.8, 4) is 0 Å². The van der Waals surface area contributed by atoms with Gasteiger partial charge in [-0.2, -0.15) is 9.59 Å². The van der Waals surface area contributed by atoms with Gasteiger partial charge in [-0.05, 0) is 12.1 Å². The van der Waals surface area contributed by atoms with Crippen LogP contribution in [0.15, 0.2) is 24.3 Å². The second-order valence-electron chi connectivity index (χ2n) is 3.75. The summed E-state index contributed by atoms with van der Waals surface area (Å²) >= 11 is 0. The van der Waals surface area contributed by atoms with Gasteiger partial charge in [0.15, 0.2) is 0 Å². The van der Waals surface area contributed by atoms with E-state index in [9.17, 15) is 4.79 Å². The highest BCUT2D eigenvalue weighted by Gasteiger charge is 2.28. The molecule has 18 heavy (non-hydrogen) atoms. The summed E-state index contributed by atoms with van der Waals surface area (Å²) in [7, 11) is 1.56. The van der Waals surface area contributed by atoms with Crippen LogP contribution < -0.4 is 0 Å². The normalized spacial score (nSPS) is 9.89. The van der Waals surface area contributed by atoms with Crippen molar-refractivity contribution in [2.45, 2.75) is 6.92 Å². The Morgan fingerprint density at radius 1 is 1.33 bits per heavy atom. The maximum absolute atomic E-state index is 12.1. The molecule has 1 aromatic carbocycles. The van der Waals surface area contributed by atoms with E-state index in [-0.39, 0.29) is 11.5 Å². The maximum atomic E-state index is 12.1. The predicted octanol–water partition coefficient (Wildman–Crippen LogP) is 0.420. The van der Waals surface area contributed by atoms with Crippen molar-refractivity contribution in [2.24, 2.45) is 7.05 Å². The van der Waals surface area contributed by atoms with Gasteiger partial charge in [0.25, 0.3) is 11.6 Å². The highest BCUT2D eigenvalue weighted by atomic mass is 16.1. The molecule has 0 N–H and O–H groups in total. The lowest BCUT2D eigenvalue weighted by atomic mass is 10.1. The summed E-state index contributed by atoms with van der Waals surface area (Å²) in [6.45, 7) is 1.92. The molecule has 0 aliphatic rings. The number of Topliss-reactive ketones (excluding diaryl/α,β-unsaturated/α-hetero) is 1. The lowest BCUT2D eigenvalue weighted by Gasteiger charge is -1.95. The van der Waals surface area contributed by atoms with Crippen molar-refractivity contribution in [2.75, 3.05) is 0 Å². The molecule has 0 aliphatic heterocycles. The molecule has 7 nitrogen and oxygen atoms in total. The van der Waals surface area contributed by atoms with E-state index >= 15 is 0 Å². The van der Waals surface area contributed by atoms with Crippen LogP contribution >= 0.6 is 0 Å². The quantitative estimate of drug-likeness (QED) is 0.337. The lowest BCUT2D eigenvalue weighted by molar-refractivity contribution is -0.00568. The molecule has 0 unspecified atom stereocenters. The molecular weight excluding hydrogens is 232 g/mol. The summed E-state index contributed by atoms with van der Waals surface area (Å²) in [6.07, 6.45) is 0. The standard InChI is InChI=1S/C11H10N6O/c1-7-3-5-8(6-4-7)10(18)9(13-12)11-14-16-17(2)15-11/h3-6H,1-2H3. The summed E-state index contributed by atoms with van der Waals surface area (Å²) in [5.41, 5.74) is 10.1. The number of benzene rings is 1. The van der Waals surface area contributed by atoms with Gasteiger partial charge in [0, 0.05) is 5.56 Å². The fraction of sp³-hybridized carbons (Fsp3) is 0.182. The third-order valence-electron chi connectivity index (χ3n) is 2.35. The molecule has 0 bridgehead atoms. The van der Waals surface area contributed by atoms with E-state index in [1.165, 1.54) is 4.80 Å². The first-order valence-corrected chi connectivity index (χ1v) is 5.19. The Balaban J connectivity index is 2.38. The Labute approximate surface area is 103 Å². The number of aromatic nitrogens is 4. The monoisotopic (exact) mass is 242 g/mol. The van der Waals surface area contributed by atoms with Crippen molar-refractivity contribution in [1.82, 2.24) is 20.2 Å². The molecule has 1 aromatic heterocycles. The van der Waals surface area contributed by atoms with Gasteiger partial charge in [0.2, 0.25) is 0 Å². The fourth-order valence-electron chi connectivity index (χ4n) is 1.41. The van der Waals surface area contributed by atoms with Crippen LogP contribution in [0.1, 0.15) is 21.7 Å². The topological polar surface area (TPSA) is 97.1 Å². The molecule has 0 saturated carbocycles. The minimum absolute atomic E-state index is 0.00873. The molecule has 0 spiro atoms. The number of hydrogen-bond donors (Lipinski definition) is 0. The molecule has 0 radical (unpaired) electrons.